The highest BCUT2D eigenvalue weighted by atomic mass is 14.2. The summed E-state index contributed by atoms with van der Waals surface area (Å²) in [6.07, 6.45) is 18.0. The number of hydrogen-bond donors (Lipinski definition) is 0. The fourth-order valence-corrected chi connectivity index (χ4v) is 2.96. The van der Waals surface area contributed by atoms with Gasteiger partial charge in [-0.05, 0) is 90.4 Å². The van der Waals surface area contributed by atoms with E-state index in [9.17, 15) is 0 Å². The lowest BCUT2D eigenvalue weighted by molar-refractivity contribution is 0.489. The van der Waals surface area contributed by atoms with Gasteiger partial charge in [0.05, 0.1) is 0 Å². The fraction of sp³-hybridized carbons (Fsp3) is 0.680. The van der Waals surface area contributed by atoms with Crippen LogP contribution in [0.25, 0.3) is 0 Å². The quantitative estimate of drug-likeness (QED) is 0.293. The van der Waals surface area contributed by atoms with Crippen LogP contribution in [-0.2, 0) is 0 Å². The van der Waals surface area contributed by atoms with Crippen molar-refractivity contribution < 1.29 is 0 Å². The summed E-state index contributed by atoms with van der Waals surface area (Å²) in [5.41, 5.74) is 4.55. The third-order valence-corrected chi connectivity index (χ3v) is 5.07. The first-order valence-electron chi connectivity index (χ1n) is 10.3. The minimum Gasteiger partial charge on any atom is -0.103 e. The average Bonchev–Trinajstić information content (AvgIpc) is 2.53. The molecule has 0 heterocycles. The first-order valence-corrected chi connectivity index (χ1v) is 10.3. The molecule has 0 bridgehead atoms. The van der Waals surface area contributed by atoms with E-state index < -0.39 is 0 Å². The zero-order valence-corrected chi connectivity index (χ0v) is 18.2. The van der Waals surface area contributed by atoms with E-state index in [2.05, 4.69) is 79.3 Å². The van der Waals surface area contributed by atoms with Gasteiger partial charge < -0.3 is 0 Å². The Morgan fingerprint density at radius 2 is 1.52 bits per heavy atom. The molecule has 0 aromatic carbocycles. The van der Waals surface area contributed by atoms with Gasteiger partial charge in [0.2, 0.25) is 0 Å². The highest BCUT2D eigenvalue weighted by Gasteiger charge is 2.11. The van der Waals surface area contributed by atoms with Crippen LogP contribution in [0, 0.1) is 17.8 Å². The summed E-state index contributed by atoms with van der Waals surface area (Å²) in [4.78, 5) is 0. The minimum atomic E-state index is 0.619. The molecule has 2 atom stereocenters. The molecule has 0 radical (unpaired) electrons. The molecule has 0 heteroatoms. The van der Waals surface area contributed by atoms with Crippen molar-refractivity contribution in [2.24, 2.45) is 17.8 Å². The Balaban J connectivity index is 4.75. The number of rotatable bonds is 13. The molecule has 144 valence electrons. The van der Waals surface area contributed by atoms with Crippen molar-refractivity contribution in [3.05, 3.63) is 47.6 Å². The van der Waals surface area contributed by atoms with Gasteiger partial charge in [-0.15, -0.1) is 6.58 Å². The van der Waals surface area contributed by atoms with E-state index >= 15 is 0 Å². The van der Waals surface area contributed by atoms with Crippen LogP contribution in [-0.4, -0.2) is 0 Å². The summed E-state index contributed by atoms with van der Waals surface area (Å²) in [6, 6.07) is 0. The molecule has 0 aliphatic carbocycles. The molecule has 25 heavy (non-hydrogen) atoms. The second-order valence-corrected chi connectivity index (χ2v) is 8.51. The van der Waals surface area contributed by atoms with Crippen LogP contribution in [0.5, 0.6) is 0 Å². The highest BCUT2D eigenvalue weighted by molar-refractivity contribution is 5.09. The summed E-state index contributed by atoms with van der Waals surface area (Å²) < 4.78 is 0. The number of hydrogen-bond acceptors (Lipinski definition) is 0. The van der Waals surface area contributed by atoms with Crippen molar-refractivity contribution in [1.82, 2.24) is 0 Å². The first kappa shape index (κ1) is 24.0. The third kappa shape index (κ3) is 13.9. The molecular weight excluding hydrogens is 300 g/mol. The Labute approximate surface area is 159 Å². The van der Waals surface area contributed by atoms with Crippen LogP contribution in [0.4, 0.5) is 0 Å². The smallest absolute Gasteiger partial charge is 0.0171 e. The Hall–Kier alpha value is -1.04. The molecule has 0 aliphatic rings. The predicted octanol–water partition coefficient (Wildman–Crippen LogP) is 8.67. The van der Waals surface area contributed by atoms with Gasteiger partial charge >= 0.3 is 0 Å². The lowest BCUT2D eigenvalue weighted by atomic mass is 9.87. The van der Waals surface area contributed by atoms with E-state index in [0.717, 1.165) is 5.92 Å². The normalized spacial score (nSPS) is 15.2. The highest BCUT2D eigenvalue weighted by Crippen LogP contribution is 2.26. The van der Waals surface area contributed by atoms with Gasteiger partial charge in [0, 0.05) is 0 Å². The monoisotopic (exact) mass is 344 g/mol. The lowest BCUT2D eigenvalue weighted by Crippen LogP contribution is -2.04. The van der Waals surface area contributed by atoms with E-state index in [1.165, 1.54) is 56.1 Å². The maximum atomic E-state index is 3.94. The van der Waals surface area contributed by atoms with Crippen LogP contribution in [0.15, 0.2) is 47.6 Å². The van der Waals surface area contributed by atoms with Crippen molar-refractivity contribution in [3.63, 3.8) is 0 Å². The Bertz CT molecular complexity index is 441. The molecule has 0 saturated heterocycles. The molecule has 0 saturated carbocycles. The van der Waals surface area contributed by atoms with E-state index in [-0.39, 0.29) is 0 Å². The average molecular weight is 345 g/mol. The Kier molecular flexibility index (Phi) is 13.6. The van der Waals surface area contributed by atoms with E-state index in [4.69, 9.17) is 0 Å². The standard InChI is InChI=1S/C25H44/c1-9-22(6)16-18-25(24(8)15-11-13-21(4)5)19-17-23(7)14-10-12-20(2)3/h9,12,15,17,21-22,25H,1,10-11,13-14,16,18-19H2,2-8H3/b23-17+,24-15+. The molecular formula is C25H44. The fourth-order valence-electron chi connectivity index (χ4n) is 2.96. The van der Waals surface area contributed by atoms with Gasteiger partial charge in [0.25, 0.3) is 0 Å². The molecule has 0 N–H and O–H groups in total. The summed E-state index contributed by atoms with van der Waals surface area (Å²) in [5.74, 6) is 2.10. The second-order valence-electron chi connectivity index (χ2n) is 8.51. The first-order chi connectivity index (χ1) is 11.8. The zero-order chi connectivity index (χ0) is 19.2. The molecule has 0 spiro atoms. The van der Waals surface area contributed by atoms with Gasteiger partial charge in [-0.3, -0.25) is 0 Å². The van der Waals surface area contributed by atoms with Crippen molar-refractivity contribution in [3.8, 4) is 0 Å². The topological polar surface area (TPSA) is 0 Å². The van der Waals surface area contributed by atoms with E-state index in [1.807, 2.05) is 0 Å². The van der Waals surface area contributed by atoms with Crippen molar-refractivity contribution in [2.75, 3.05) is 0 Å². The Morgan fingerprint density at radius 3 is 2.08 bits per heavy atom. The summed E-state index contributed by atoms with van der Waals surface area (Å²) >= 11 is 0. The van der Waals surface area contributed by atoms with Crippen LogP contribution in [0.2, 0.25) is 0 Å². The second kappa shape index (κ2) is 14.2. The molecule has 2 unspecified atom stereocenters. The van der Waals surface area contributed by atoms with E-state index in [1.54, 1.807) is 5.57 Å². The summed E-state index contributed by atoms with van der Waals surface area (Å²) in [5, 5.41) is 0. The molecule has 0 amide bonds. The van der Waals surface area contributed by atoms with Crippen LogP contribution < -0.4 is 0 Å². The third-order valence-electron chi connectivity index (χ3n) is 5.07. The molecule has 0 nitrogen and oxygen atoms in total. The van der Waals surface area contributed by atoms with Gasteiger partial charge in [-0.25, -0.2) is 0 Å². The van der Waals surface area contributed by atoms with Crippen molar-refractivity contribution in [1.29, 1.82) is 0 Å². The van der Waals surface area contributed by atoms with Crippen molar-refractivity contribution >= 4 is 0 Å². The van der Waals surface area contributed by atoms with Crippen molar-refractivity contribution in [2.45, 2.75) is 93.4 Å². The van der Waals surface area contributed by atoms with E-state index in [0.29, 0.717) is 11.8 Å². The maximum absolute atomic E-state index is 3.94. The Morgan fingerprint density at radius 1 is 0.840 bits per heavy atom. The molecule has 0 fully saturated rings. The van der Waals surface area contributed by atoms with Gasteiger partial charge in [0.15, 0.2) is 0 Å². The van der Waals surface area contributed by atoms with Gasteiger partial charge in [-0.1, -0.05) is 61.8 Å². The number of allylic oxidation sites excluding steroid dienone is 7. The minimum absolute atomic E-state index is 0.619. The largest absolute Gasteiger partial charge is 0.103 e. The molecule has 0 aromatic rings. The zero-order valence-electron chi connectivity index (χ0n) is 18.2. The molecule has 0 aliphatic heterocycles. The van der Waals surface area contributed by atoms with Gasteiger partial charge in [-0.2, -0.15) is 0 Å². The van der Waals surface area contributed by atoms with Crippen LogP contribution in [0.3, 0.4) is 0 Å². The van der Waals surface area contributed by atoms with Gasteiger partial charge in [0.1, 0.15) is 0 Å². The summed E-state index contributed by atoms with van der Waals surface area (Å²) in [7, 11) is 0. The predicted molar refractivity (Wildman–Crippen MR) is 117 cm³/mol. The van der Waals surface area contributed by atoms with Crippen LogP contribution in [0.1, 0.15) is 93.4 Å². The lowest BCUT2D eigenvalue weighted by Gasteiger charge is -2.19. The SMILES string of the molecule is C=CC(C)CCC(C/C=C(\C)CCC=C(C)C)/C(C)=C/CCC(C)C. The molecule has 0 aromatic heterocycles. The summed E-state index contributed by atoms with van der Waals surface area (Å²) in [6.45, 7) is 19.8. The maximum Gasteiger partial charge on any atom is -0.0171 e. The molecule has 0 rings (SSSR count). The van der Waals surface area contributed by atoms with Crippen LogP contribution >= 0.6 is 0 Å².